The van der Waals surface area contributed by atoms with Gasteiger partial charge in [-0.25, -0.2) is 0 Å². The molecule has 0 aromatic rings. The van der Waals surface area contributed by atoms with Gasteiger partial charge < -0.3 is 14.5 Å². The molecule has 0 saturated carbocycles. The number of rotatable bonds is 4. The summed E-state index contributed by atoms with van der Waals surface area (Å²) >= 11 is 0. The predicted molar refractivity (Wildman–Crippen MR) is 105 cm³/mol. The zero-order valence-electron chi connectivity index (χ0n) is 18.0. The topological polar surface area (TPSA) is 37.4 Å². The van der Waals surface area contributed by atoms with Crippen molar-refractivity contribution in [2.24, 2.45) is 28.6 Å². The Kier molecular flexibility index (Phi) is 12.5. The van der Waals surface area contributed by atoms with E-state index in [1.807, 2.05) is 13.8 Å². The summed E-state index contributed by atoms with van der Waals surface area (Å²) in [5.41, 5.74) is -0.108. The lowest BCUT2D eigenvalue weighted by atomic mass is 9.59. The number of hydrogen-bond donors (Lipinski definition) is 0. The molecule has 0 amide bonds. The summed E-state index contributed by atoms with van der Waals surface area (Å²) in [6, 6.07) is 0. The van der Waals surface area contributed by atoms with Gasteiger partial charge in [0, 0.05) is 11.3 Å². The van der Waals surface area contributed by atoms with Crippen molar-refractivity contribution in [2.45, 2.75) is 75.2 Å². The Hall–Kier alpha value is -0.700. The maximum absolute atomic E-state index is 11.2. The minimum Gasteiger partial charge on any atom is -0.306 e. The fourth-order valence-electron chi connectivity index (χ4n) is 2.41. The molecule has 1 fully saturated rings. The molecule has 1 rings (SSSR count). The van der Waals surface area contributed by atoms with E-state index < -0.39 is 0 Å². The van der Waals surface area contributed by atoms with Crippen LogP contribution < -0.4 is 0 Å². The van der Waals surface area contributed by atoms with Gasteiger partial charge in [-0.2, -0.15) is 0 Å². The molecular weight excluding hydrogens is 298 g/mol. The van der Waals surface area contributed by atoms with Crippen molar-refractivity contribution in [2.75, 3.05) is 20.1 Å². The molecule has 1 aliphatic heterocycles. The molecule has 0 aliphatic carbocycles. The first-order chi connectivity index (χ1) is 10.8. The minimum atomic E-state index is -0.215. The Morgan fingerprint density at radius 1 is 0.917 bits per heavy atom. The first kappa shape index (κ1) is 25.5. The second-order valence-corrected chi connectivity index (χ2v) is 9.25. The molecule has 0 N–H and O–H groups in total. The lowest BCUT2D eigenvalue weighted by molar-refractivity contribution is -0.123. The maximum atomic E-state index is 11.2. The first-order valence-corrected chi connectivity index (χ1v) is 9.42. The number of hydrogen-bond acceptors (Lipinski definition) is 3. The van der Waals surface area contributed by atoms with E-state index >= 15 is 0 Å². The van der Waals surface area contributed by atoms with Gasteiger partial charge >= 0.3 is 0 Å². The monoisotopic (exact) mass is 341 g/mol. The molecule has 1 saturated heterocycles. The van der Waals surface area contributed by atoms with Crippen molar-refractivity contribution in [1.82, 2.24) is 4.90 Å². The molecule has 0 radical (unpaired) electrons. The fourth-order valence-corrected chi connectivity index (χ4v) is 2.41. The van der Waals surface area contributed by atoms with E-state index in [2.05, 4.69) is 60.4 Å². The third-order valence-electron chi connectivity index (χ3n) is 4.97. The van der Waals surface area contributed by atoms with Crippen LogP contribution in [0.2, 0.25) is 0 Å². The number of carbonyl (C=O) groups is 2. The highest BCUT2D eigenvalue weighted by molar-refractivity contribution is 5.59. The molecule has 0 aromatic carbocycles. The van der Waals surface area contributed by atoms with E-state index in [1.165, 1.54) is 25.9 Å². The second-order valence-electron chi connectivity index (χ2n) is 9.25. The number of carbonyl (C=O) groups excluding carboxylic acids is 2. The van der Waals surface area contributed by atoms with E-state index in [0.717, 1.165) is 18.5 Å². The summed E-state index contributed by atoms with van der Waals surface area (Å²) in [5, 5.41) is 0. The number of likely N-dealkylation sites (tertiary alicyclic amines) is 1. The Balaban J connectivity index is 0. The summed E-state index contributed by atoms with van der Waals surface area (Å²) < 4.78 is 0. The van der Waals surface area contributed by atoms with Crippen LogP contribution >= 0.6 is 0 Å². The zero-order chi connectivity index (χ0) is 19.6. The van der Waals surface area contributed by atoms with E-state index in [-0.39, 0.29) is 16.7 Å². The number of piperidine rings is 1. The van der Waals surface area contributed by atoms with Gasteiger partial charge in [-0.1, -0.05) is 62.3 Å². The quantitative estimate of drug-likeness (QED) is 0.669. The Morgan fingerprint density at radius 2 is 1.25 bits per heavy atom. The Morgan fingerprint density at radius 3 is 1.50 bits per heavy atom. The van der Waals surface area contributed by atoms with Gasteiger partial charge in [0.05, 0.1) is 0 Å². The zero-order valence-corrected chi connectivity index (χ0v) is 18.0. The van der Waals surface area contributed by atoms with Crippen LogP contribution in [0.5, 0.6) is 0 Å². The van der Waals surface area contributed by atoms with Gasteiger partial charge in [-0.3, -0.25) is 0 Å². The molecule has 0 atom stereocenters. The largest absolute Gasteiger partial charge is 0.306 e. The highest BCUT2D eigenvalue weighted by Gasteiger charge is 2.43. The van der Waals surface area contributed by atoms with Gasteiger partial charge in [0.15, 0.2) is 0 Å². The molecule has 0 unspecified atom stereocenters. The molecule has 0 aromatic heterocycles. The SMILES string of the molecule is CC(C)C.CC(C)C=O.CN1CCC(C(C)(C)C(C)(C)C=O)CC1. The Bertz CT molecular complexity index is 335. The summed E-state index contributed by atoms with van der Waals surface area (Å²) in [4.78, 5) is 23.0. The normalized spacial score (nSPS) is 16.8. The summed E-state index contributed by atoms with van der Waals surface area (Å²) in [6.07, 6.45) is 4.49. The van der Waals surface area contributed by atoms with Crippen molar-refractivity contribution in [1.29, 1.82) is 0 Å². The fraction of sp³-hybridized carbons (Fsp3) is 0.905. The molecule has 3 heteroatoms. The molecule has 1 heterocycles. The second kappa shape index (κ2) is 11.8. The first-order valence-electron chi connectivity index (χ1n) is 9.42. The predicted octanol–water partition coefficient (Wildman–Crippen LogP) is 5.08. The molecule has 24 heavy (non-hydrogen) atoms. The molecule has 0 spiro atoms. The van der Waals surface area contributed by atoms with Gasteiger partial charge in [-0.05, 0) is 50.2 Å². The van der Waals surface area contributed by atoms with E-state index in [1.54, 1.807) is 0 Å². The molecule has 3 nitrogen and oxygen atoms in total. The highest BCUT2D eigenvalue weighted by Crippen LogP contribution is 2.46. The van der Waals surface area contributed by atoms with Crippen LogP contribution in [0.25, 0.3) is 0 Å². The Labute approximate surface area is 151 Å². The maximum Gasteiger partial charge on any atom is 0.126 e. The van der Waals surface area contributed by atoms with E-state index in [9.17, 15) is 9.59 Å². The van der Waals surface area contributed by atoms with Gasteiger partial charge in [-0.15, -0.1) is 0 Å². The lowest BCUT2D eigenvalue weighted by Crippen LogP contribution is -2.45. The van der Waals surface area contributed by atoms with Crippen molar-refractivity contribution in [3.05, 3.63) is 0 Å². The molecular formula is C21H43NO2. The van der Waals surface area contributed by atoms with Crippen LogP contribution in [-0.2, 0) is 9.59 Å². The van der Waals surface area contributed by atoms with Crippen molar-refractivity contribution in [3.63, 3.8) is 0 Å². The summed E-state index contributed by atoms with van der Waals surface area (Å²) in [6.45, 7) is 21.2. The van der Waals surface area contributed by atoms with Crippen LogP contribution in [0.15, 0.2) is 0 Å². The summed E-state index contributed by atoms with van der Waals surface area (Å²) in [5.74, 6) is 1.71. The lowest BCUT2D eigenvalue weighted by Gasteiger charge is -2.46. The van der Waals surface area contributed by atoms with Crippen LogP contribution in [0.3, 0.4) is 0 Å². The third-order valence-corrected chi connectivity index (χ3v) is 4.97. The third kappa shape index (κ3) is 10.2. The molecule has 1 aliphatic rings. The van der Waals surface area contributed by atoms with E-state index in [4.69, 9.17) is 0 Å². The van der Waals surface area contributed by atoms with Crippen LogP contribution in [0.4, 0.5) is 0 Å². The van der Waals surface area contributed by atoms with Gasteiger partial charge in [0.2, 0.25) is 0 Å². The average molecular weight is 342 g/mol. The smallest absolute Gasteiger partial charge is 0.126 e. The molecule has 0 bridgehead atoms. The van der Waals surface area contributed by atoms with Gasteiger partial charge in [0.25, 0.3) is 0 Å². The number of aldehydes is 2. The average Bonchev–Trinajstić information content (AvgIpc) is 2.47. The highest BCUT2D eigenvalue weighted by atomic mass is 16.1. The summed E-state index contributed by atoms with van der Waals surface area (Å²) in [7, 11) is 2.17. The van der Waals surface area contributed by atoms with Crippen LogP contribution in [0.1, 0.15) is 75.2 Å². The standard InChI is InChI=1S/C13H25NO.C4H8O.C4H10/c1-12(2,10-15)13(3,4)11-6-8-14(5)9-7-11;1-4(2)3-5;1-4(2)3/h10-11H,6-9H2,1-5H3;3-4H,1-2H3;4H,1-3H3. The van der Waals surface area contributed by atoms with Crippen LogP contribution in [0, 0.1) is 28.6 Å². The number of nitrogens with zero attached hydrogens (tertiary/aromatic N) is 1. The molecule has 144 valence electrons. The van der Waals surface area contributed by atoms with Gasteiger partial charge in [0.1, 0.15) is 12.6 Å². The van der Waals surface area contributed by atoms with Crippen molar-refractivity contribution < 1.29 is 9.59 Å². The minimum absolute atomic E-state index is 0.107. The van der Waals surface area contributed by atoms with Crippen molar-refractivity contribution in [3.8, 4) is 0 Å². The van der Waals surface area contributed by atoms with Crippen LogP contribution in [-0.4, -0.2) is 37.6 Å². The van der Waals surface area contributed by atoms with Crippen molar-refractivity contribution >= 4 is 12.6 Å². The van der Waals surface area contributed by atoms with E-state index in [0.29, 0.717) is 5.92 Å².